The normalized spacial score (nSPS) is 18.2. The molecule has 0 radical (unpaired) electrons. The van der Waals surface area contributed by atoms with E-state index in [2.05, 4.69) is 4.98 Å². The van der Waals surface area contributed by atoms with Crippen LogP contribution in [-0.2, 0) is 9.59 Å². The minimum atomic E-state index is -0.984. The van der Waals surface area contributed by atoms with Crippen molar-refractivity contribution in [2.24, 2.45) is 0 Å². The number of Topliss-reactive ketones (excluding diaryl/α,β-unsaturated/α-hetero) is 1. The number of amides is 1. The number of fused-ring (bicyclic) bond motifs is 2. The van der Waals surface area contributed by atoms with Gasteiger partial charge in [0.2, 0.25) is 0 Å². The Labute approximate surface area is 221 Å². The molecule has 1 fully saturated rings. The van der Waals surface area contributed by atoms with E-state index in [1.807, 2.05) is 6.07 Å². The fourth-order valence-corrected chi connectivity index (χ4v) is 5.71. The van der Waals surface area contributed by atoms with Crippen molar-refractivity contribution in [3.8, 4) is 23.0 Å². The highest BCUT2D eigenvalue weighted by atomic mass is 32.1. The Morgan fingerprint density at radius 3 is 2.58 bits per heavy atom. The van der Waals surface area contributed by atoms with Gasteiger partial charge in [-0.2, -0.15) is 0 Å². The highest BCUT2D eigenvalue weighted by Crippen LogP contribution is 2.47. The van der Waals surface area contributed by atoms with E-state index in [4.69, 9.17) is 18.9 Å². The summed E-state index contributed by atoms with van der Waals surface area (Å²) < 4.78 is 22.9. The molecule has 6 rings (SSSR count). The minimum Gasteiger partial charge on any atom is -0.507 e. The molecule has 3 aromatic carbocycles. The molecule has 9 nitrogen and oxygen atoms in total. The van der Waals surface area contributed by atoms with Gasteiger partial charge in [0.05, 0.1) is 30.0 Å². The molecule has 10 heteroatoms. The van der Waals surface area contributed by atoms with Gasteiger partial charge in [0.25, 0.3) is 5.78 Å². The van der Waals surface area contributed by atoms with Crippen molar-refractivity contribution in [3.05, 3.63) is 77.4 Å². The molecule has 4 aromatic rings. The number of hydrogen-bond donors (Lipinski definition) is 1. The lowest BCUT2D eigenvalue weighted by Crippen LogP contribution is -2.29. The van der Waals surface area contributed by atoms with Gasteiger partial charge in [-0.3, -0.25) is 14.5 Å². The molecule has 1 aromatic heterocycles. The Morgan fingerprint density at radius 1 is 1.00 bits per heavy atom. The number of anilines is 1. The van der Waals surface area contributed by atoms with E-state index in [0.717, 1.165) is 4.70 Å². The molecule has 3 heterocycles. The van der Waals surface area contributed by atoms with E-state index in [1.165, 1.54) is 23.3 Å². The number of carbonyl (C=O) groups excluding carboxylic acids is 2. The fraction of sp³-hybridized carbons (Fsp3) is 0.179. The van der Waals surface area contributed by atoms with Crippen LogP contribution < -0.4 is 23.8 Å². The van der Waals surface area contributed by atoms with Crippen LogP contribution in [0.2, 0.25) is 0 Å². The maximum Gasteiger partial charge on any atom is 0.301 e. The van der Waals surface area contributed by atoms with Crippen LogP contribution in [0, 0.1) is 0 Å². The first-order chi connectivity index (χ1) is 18.5. The van der Waals surface area contributed by atoms with Crippen molar-refractivity contribution in [2.45, 2.75) is 6.04 Å². The van der Waals surface area contributed by atoms with Crippen molar-refractivity contribution < 1.29 is 33.6 Å². The van der Waals surface area contributed by atoms with Crippen molar-refractivity contribution in [1.82, 2.24) is 4.98 Å². The first-order valence-electron chi connectivity index (χ1n) is 11.8. The van der Waals surface area contributed by atoms with Crippen molar-refractivity contribution >= 4 is 44.1 Å². The summed E-state index contributed by atoms with van der Waals surface area (Å²) in [5.41, 5.74) is 1.43. The van der Waals surface area contributed by atoms with Crippen molar-refractivity contribution in [3.63, 3.8) is 0 Å². The third-order valence-corrected chi connectivity index (χ3v) is 7.50. The van der Waals surface area contributed by atoms with Gasteiger partial charge in [-0.1, -0.05) is 29.5 Å². The number of methoxy groups -OCH3 is 2. The van der Waals surface area contributed by atoms with Crippen LogP contribution in [0.25, 0.3) is 16.0 Å². The largest absolute Gasteiger partial charge is 0.507 e. The lowest BCUT2D eigenvalue weighted by Gasteiger charge is -2.24. The summed E-state index contributed by atoms with van der Waals surface area (Å²) in [6.45, 7) is 0.788. The molecule has 38 heavy (non-hydrogen) atoms. The van der Waals surface area contributed by atoms with Crippen LogP contribution >= 0.6 is 11.3 Å². The molecule has 1 saturated heterocycles. The number of para-hydroxylation sites is 1. The zero-order valence-electron chi connectivity index (χ0n) is 20.5. The van der Waals surface area contributed by atoms with Gasteiger partial charge in [0.1, 0.15) is 36.5 Å². The summed E-state index contributed by atoms with van der Waals surface area (Å²) in [5, 5.41) is 11.8. The lowest BCUT2D eigenvalue weighted by molar-refractivity contribution is -0.132. The summed E-state index contributed by atoms with van der Waals surface area (Å²) in [7, 11) is 3.08. The number of aliphatic hydroxyl groups is 1. The highest BCUT2D eigenvalue weighted by Gasteiger charge is 2.49. The second kappa shape index (κ2) is 9.38. The first-order valence-corrected chi connectivity index (χ1v) is 12.6. The number of ketones is 1. The number of hydrogen-bond acceptors (Lipinski definition) is 9. The zero-order chi connectivity index (χ0) is 26.4. The number of thiazole rings is 1. The summed E-state index contributed by atoms with van der Waals surface area (Å²) in [5.74, 6) is 0.135. The van der Waals surface area contributed by atoms with E-state index in [0.29, 0.717) is 58.0 Å². The number of benzene rings is 3. The molecule has 0 aliphatic carbocycles. The first kappa shape index (κ1) is 23.8. The lowest BCUT2D eigenvalue weighted by atomic mass is 9.94. The zero-order valence-corrected chi connectivity index (χ0v) is 21.3. The topological polar surface area (TPSA) is 107 Å². The van der Waals surface area contributed by atoms with Gasteiger partial charge in [-0.25, -0.2) is 4.98 Å². The molecule has 1 unspecified atom stereocenters. The molecule has 1 amide bonds. The van der Waals surface area contributed by atoms with Crippen LogP contribution in [0.15, 0.2) is 66.2 Å². The highest BCUT2D eigenvalue weighted by molar-refractivity contribution is 7.22. The predicted molar refractivity (Wildman–Crippen MR) is 141 cm³/mol. The average Bonchev–Trinajstić information content (AvgIpc) is 3.49. The number of rotatable bonds is 5. The smallest absolute Gasteiger partial charge is 0.301 e. The molecule has 2 aliphatic rings. The second-order valence-electron chi connectivity index (χ2n) is 8.60. The van der Waals surface area contributed by atoms with Crippen LogP contribution in [0.5, 0.6) is 23.0 Å². The van der Waals surface area contributed by atoms with Crippen LogP contribution in [0.1, 0.15) is 17.2 Å². The maximum absolute atomic E-state index is 13.6. The van der Waals surface area contributed by atoms with Gasteiger partial charge in [-0.05, 0) is 42.5 Å². The maximum atomic E-state index is 13.6. The van der Waals surface area contributed by atoms with Gasteiger partial charge in [-0.15, -0.1) is 0 Å². The van der Waals surface area contributed by atoms with Gasteiger partial charge in [0, 0.05) is 11.1 Å². The molecule has 0 bridgehead atoms. The molecule has 192 valence electrons. The van der Waals surface area contributed by atoms with Gasteiger partial charge in [0.15, 0.2) is 16.6 Å². The molecule has 0 spiro atoms. The Kier molecular flexibility index (Phi) is 5.88. The number of carbonyl (C=O) groups is 2. The minimum absolute atomic E-state index is 0.0759. The average molecular weight is 531 g/mol. The Bertz CT molecular complexity index is 1630. The van der Waals surface area contributed by atoms with Crippen LogP contribution in [-0.4, -0.2) is 49.2 Å². The summed E-state index contributed by atoms with van der Waals surface area (Å²) in [6, 6.07) is 16.4. The van der Waals surface area contributed by atoms with Gasteiger partial charge >= 0.3 is 5.91 Å². The van der Waals surface area contributed by atoms with Crippen molar-refractivity contribution in [2.75, 3.05) is 32.3 Å². The Morgan fingerprint density at radius 2 is 1.79 bits per heavy atom. The standard InChI is InChI=1S/C28H22N2O7S/c1-34-16-8-9-18-22(14-16)38-28(29-18)30-24(17-5-3-4-6-19(17)35-2)23(26(32)27(30)33)25(31)15-7-10-20-21(13-15)37-12-11-36-20/h3-10,13-14,24,31H,11-12H2,1-2H3/b25-23+. The number of aromatic nitrogens is 1. The molecule has 0 saturated carbocycles. The molecule has 2 aliphatic heterocycles. The summed E-state index contributed by atoms with van der Waals surface area (Å²) >= 11 is 1.25. The summed E-state index contributed by atoms with van der Waals surface area (Å²) in [6.07, 6.45) is 0. The van der Waals surface area contributed by atoms with Crippen LogP contribution in [0.4, 0.5) is 5.13 Å². The van der Waals surface area contributed by atoms with E-state index in [1.54, 1.807) is 61.7 Å². The SMILES string of the molecule is COc1ccc2nc(N3C(=O)C(=O)/C(=C(/O)c4ccc5c(c4)OCCO5)C3c3ccccc3OC)sc2c1. The fourth-order valence-electron chi connectivity index (χ4n) is 4.69. The van der Waals surface area contributed by atoms with Crippen LogP contribution in [0.3, 0.4) is 0 Å². The molecule has 1 atom stereocenters. The van der Waals surface area contributed by atoms with E-state index < -0.39 is 17.7 Å². The van der Waals surface area contributed by atoms with E-state index >= 15 is 0 Å². The third kappa shape index (κ3) is 3.81. The molecule has 1 N–H and O–H groups in total. The quantitative estimate of drug-likeness (QED) is 0.225. The van der Waals surface area contributed by atoms with Gasteiger partial charge < -0.3 is 24.1 Å². The van der Waals surface area contributed by atoms with E-state index in [-0.39, 0.29) is 11.3 Å². The predicted octanol–water partition coefficient (Wildman–Crippen LogP) is 4.71. The Balaban J connectivity index is 1.55. The Hall–Kier alpha value is -4.57. The van der Waals surface area contributed by atoms with E-state index in [9.17, 15) is 14.7 Å². The monoisotopic (exact) mass is 530 g/mol. The second-order valence-corrected chi connectivity index (χ2v) is 9.61. The third-order valence-electron chi connectivity index (χ3n) is 6.48. The molecular weight excluding hydrogens is 508 g/mol. The summed E-state index contributed by atoms with van der Waals surface area (Å²) in [4.78, 5) is 33.1. The number of ether oxygens (including phenoxy) is 4. The number of nitrogens with zero attached hydrogens (tertiary/aromatic N) is 2. The van der Waals surface area contributed by atoms with Crippen molar-refractivity contribution in [1.29, 1.82) is 0 Å². The molecular formula is C28H22N2O7S. The number of aliphatic hydroxyl groups excluding tert-OH is 1.